The van der Waals surface area contributed by atoms with E-state index in [9.17, 15) is 9.59 Å². The first-order chi connectivity index (χ1) is 10.1. The number of amides is 1. The van der Waals surface area contributed by atoms with Crippen molar-refractivity contribution in [1.82, 2.24) is 4.90 Å². The molecule has 1 aromatic rings. The maximum atomic E-state index is 12.5. The SMILES string of the molecule is Nc1cccc(CC(=O)N2CCCCC2CCC(=O)O)c1. The van der Waals surface area contributed by atoms with Gasteiger partial charge in [-0.3, -0.25) is 9.59 Å². The molecule has 1 atom stereocenters. The molecule has 0 saturated carbocycles. The first kappa shape index (κ1) is 15.4. The lowest BCUT2D eigenvalue weighted by atomic mass is 9.97. The lowest BCUT2D eigenvalue weighted by molar-refractivity contribution is -0.139. The Morgan fingerprint density at radius 1 is 1.33 bits per heavy atom. The van der Waals surface area contributed by atoms with Gasteiger partial charge in [0.25, 0.3) is 0 Å². The number of nitrogen functional groups attached to an aromatic ring is 1. The minimum atomic E-state index is -0.802. The Labute approximate surface area is 124 Å². The summed E-state index contributed by atoms with van der Waals surface area (Å²) < 4.78 is 0. The number of aliphatic carboxylic acids is 1. The highest BCUT2D eigenvalue weighted by molar-refractivity contribution is 5.79. The number of carboxylic acids is 1. The van der Waals surface area contributed by atoms with Crippen LogP contribution in [0.15, 0.2) is 24.3 Å². The van der Waals surface area contributed by atoms with Crippen molar-refractivity contribution in [2.24, 2.45) is 0 Å². The van der Waals surface area contributed by atoms with Gasteiger partial charge in [0.05, 0.1) is 6.42 Å². The van der Waals surface area contributed by atoms with Crippen molar-refractivity contribution in [2.45, 2.75) is 44.6 Å². The van der Waals surface area contributed by atoms with E-state index in [4.69, 9.17) is 10.8 Å². The molecule has 0 spiro atoms. The highest BCUT2D eigenvalue weighted by atomic mass is 16.4. The van der Waals surface area contributed by atoms with E-state index in [0.29, 0.717) is 18.5 Å². The van der Waals surface area contributed by atoms with Gasteiger partial charge in [0.2, 0.25) is 5.91 Å². The van der Waals surface area contributed by atoms with E-state index in [1.54, 1.807) is 6.07 Å². The number of carbonyl (C=O) groups is 2. The van der Waals surface area contributed by atoms with Crippen LogP contribution in [-0.4, -0.2) is 34.5 Å². The molecular weight excluding hydrogens is 268 g/mol. The van der Waals surface area contributed by atoms with Crippen LogP contribution in [0.3, 0.4) is 0 Å². The summed E-state index contributed by atoms with van der Waals surface area (Å²) in [7, 11) is 0. The van der Waals surface area contributed by atoms with Crippen molar-refractivity contribution in [1.29, 1.82) is 0 Å². The van der Waals surface area contributed by atoms with Gasteiger partial charge in [-0.2, -0.15) is 0 Å². The fraction of sp³-hybridized carbons (Fsp3) is 0.500. The lowest BCUT2D eigenvalue weighted by Gasteiger charge is -2.35. The summed E-state index contributed by atoms with van der Waals surface area (Å²) in [5, 5.41) is 8.82. The number of nitrogens with two attached hydrogens (primary N) is 1. The Bertz CT molecular complexity index is 516. The van der Waals surface area contributed by atoms with Gasteiger partial charge in [0.1, 0.15) is 0 Å². The molecule has 21 heavy (non-hydrogen) atoms. The number of piperidine rings is 1. The van der Waals surface area contributed by atoms with E-state index in [2.05, 4.69) is 0 Å². The lowest BCUT2D eigenvalue weighted by Crippen LogP contribution is -2.44. The van der Waals surface area contributed by atoms with Crippen molar-refractivity contribution in [3.05, 3.63) is 29.8 Å². The van der Waals surface area contributed by atoms with Crippen LogP contribution >= 0.6 is 0 Å². The molecule has 114 valence electrons. The summed E-state index contributed by atoms with van der Waals surface area (Å²) in [5.41, 5.74) is 7.29. The van der Waals surface area contributed by atoms with Crippen molar-refractivity contribution in [2.75, 3.05) is 12.3 Å². The van der Waals surface area contributed by atoms with Crippen molar-refractivity contribution >= 4 is 17.6 Å². The van der Waals surface area contributed by atoms with E-state index < -0.39 is 5.97 Å². The summed E-state index contributed by atoms with van der Waals surface area (Å²) in [6.45, 7) is 0.728. The third-order valence-electron chi connectivity index (χ3n) is 3.95. The Morgan fingerprint density at radius 3 is 2.86 bits per heavy atom. The molecule has 0 aromatic heterocycles. The topological polar surface area (TPSA) is 83.6 Å². The summed E-state index contributed by atoms with van der Waals surface area (Å²) in [4.78, 5) is 25.1. The molecule has 0 aliphatic carbocycles. The first-order valence-corrected chi connectivity index (χ1v) is 7.42. The third-order valence-corrected chi connectivity index (χ3v) is 3.95. The molecule has 0 bridgehead atoms. The van der Waals surface area contributed by atoms with E-state index in [-0.39, 0.29) is 18.4 Å². The zero-order valence-electron chi connectivity index (χ0n) is 12.1. The number of carboxylic acid groups (broad SMARTS) is 1. The highest BCUT2D eigenvalue weighted by Gasteiger charge is 2.26. The maximum absolute atomic E-state index is 12.5. The van der Waals surface area contributed by atoms with Crippen LogP contribution in [-0.2, 0) is 16.0 Å². The molecule has 1 aromatic carbocycles. The van der Waals surface area contributed by atoms with Gasteiger partial charge in [0.15, 0.2) is 0 Å². The molecular formula is C16H22N2O3. The van der Waals surface area contributed by atoms with Gasteiger partial charge in [-0.15, -0.1) is 0 Å². The van der Waals surface area contributed by atoms with E-state index in [0.717, 1.165) is 31.4 Å². The molecule has 1 aliphatic heterocycles. The van der Waals surface area contributed by atoms with Crippen LogP contribution in [0.1, 0.15) is 37.7 Å². The third kappa shape index (κ3) is 4.48. The predicted molar refractivity (Wildman–Crippen MR) is 80.8 cm³/mol. The summed E-state index contributed by atoms with van der Waals surface area (Å²) in [5.74, 6) is -0.737. The van der Waals surface area contributed by atoms with Crippen LogP contribution in [0.5, 0.6) is 0 Å². The smallest absolute Gasteiger partial charge is 0.303 e. The number of likely N-dealkylation sites (tertiary alicyclic amines) is 1. The number of anilines is 1. The monoisotopic (exact) mass is 290 g/mol. The fourth-order valence-electron chi connectivity index (χ4n) is 2.90. The number of benzene rings is 1. The zero-order valence-corrected chi connectivity index (χ0v) is 12.1. The van der Waals surface area contributed by atoms with Crippen LogP contribution in [0, 0.1) is 0 Å². The van der Waals surface area contributed by atoms with Gasteiger partial charge in [-0.05, 0) is 43.4 Å². The molecule has 3 N–H and O–H groups in total. The zero-order chi connectivity index (χ0) is 15.2. The Kier molecular flexibility index (Phi) is 5.20. The second kappa shape index (κ2) is 7.11. The van der Waals surface area contributed by atoms with Crippen molar-refractivity contribution in [3.63, 3.8) is 0 Å². The molecule has 1 unspecified atom stereocenters. The number of hydrogen-bond acceptors (Lipinski definition) is 3. The minimum absolute atomic E-state index is 0.0587. The van der Waals surface area contributed by atoms with Gasteiger partial charge in [-0.1, -0.05) is 12.1 Å². The average Bonchev–Trinajstić information content (AvgIpc) is 2.45. The van der Waals surface area contributed by atoms with E-state index in [1.165, 1.54) is 0 Å². The number of hydrogen-bond donors (Lipinski definition) is 2. The molecule has 1 saturated heterocycles. The van der Waals surface area contributed by atoms with Crippen LogP contribution in [0.4, 0.5) is 5.69 Å². The number of carbonyl (C=O) groups excluding carboxylic acids is 1. The second-order valence-electron chi connectivity index (χ2n) is 5.59. The van der Waals surface area contributed by atoms with Gasteiger partial charge < -0.3 is 15.7 Å². The van der Waals surface area contributed by atoms with Crippen LogP contribution < -0.4 is 5.73 Å². The molecule has 1 amide bonds. The standard InChI is InChI=1S/C16H22N2O3/c17-13-5-3-4-12(10-13)11-15(19)18-9-2-1-6-14(18)7-8-16(20)21/h3-5,10,14H,1-2,6-9,11,17H2,(H,20,21). The second-order valence-corrected chi connectivity index (χ2v) is 5.59. The van der Waals surface area contributed by atoms with Crippen molar-refractivity contribution < 1.29 is 14.7 Å². The van der Waals surface area contributed by atoms with E-state index in [1.807, 2.05) is 23.1 Å². The first-order valence-electron chi connectivity index (χ1n) is 7.42. The minimum Gasteiger partial charge on any atom is -0.481 e. The summed E-state index contributed by atoms with van der Waals surface area (Å²) in [6, 6.07) is 7.41. The fourth-order valence-corrected chi connectivity index (χ4v) is 2.90. The van der Waals surface area contributed by atoms with E-state index >= 15 is 0 Å². The molecule has 1 fully saturated rings. The normalized spacial score (nSPS) is 18.5. The molecule has 5 nitrogen and oxygen atoms in total. The van der Waals surface area contributed by atoms with Gasteiger partial charge in [-0.25, -0.2) is 0 Å². The largest absolute Gasteiger partial charge is 0.481 e. The van der Waals surface area contributed by atoms with Gasteiger partial charge in [0, 0.05) is 24.7 Å². The quantitative estimate of drug-likeness (QED) is 0.813. The molecule has 1 heterocycles. The van der Waals surface area contributed by atoms with Crippen molar-refractivity contribution in [3.8, 4) is 0 Å². The molecule has 2 rings (SSSR count). The summed E-state index contributed by atoms with van der Waals surface area (Å²) >= 11 is 0. The highest BCUT2D eigenvalue weighted by Crippen LogP contribution is 2.22. The maximum Gasteiger partial charge on any atom is 0.303 e. The number of rotatable bonds is 5. The van der Waals surface area contributed by atoms with Crippen LogP contribution in [0.2, 0.25) is 0 Å². The average molecular weight is 290 g/mol. The molecule has 1 aliphatic rings. The van der Waals surface area contributed by atoms with Crippen LogP contribution in [0.25, 0.3) is 0 Å². The Hall–Kier alpha value is -2.04. The van der Waals surface area contributed by atoms with Gasteiger partial charge >= 0.3 is 5.97 Å². The molecule has 0 radical (unpaired) electrons. The number of nitrogens with zero attached hydrogens (tertiary/aromatic N) is 1. The molecule has 5 heteroatoms. The summed E-state index contributed by atoms with van der Waals surface area (Å²) in [6.07, 6.45) is 3.94. The Morgan fingerprint density at radius 2 is 2.14 bits per heavy atom. The Balaban J connectivity index is 1.99. The predicted octanol–water partition coefficient (Wildman–Crippen LogP) is 2.06.